The number of hydrogen-bond acceptors (Lipinski definition) is 2. The molecule has 1 heterocycles. The van der Waals surface area contributed by atoms with Gasteiger partial charge in [0.2, 0.25) is 0 Å². The van der Waals surface area contributed by atoms with E-state index >= 15 is 0 Å². The maximum absolute atomic E-state index is 12.4. The highest BCUT2D eigenvalue weighted by atomic mass is 32.1. The molecule has 0 unspecified atom stereocenters. The highest BCUT2D eigenvalue weighted by molar-refractivity contribution is 7.71. The largest absolute Gasteiger partial charge is 0.416 e. The molecule has 0 saturated heterocycles. The molecule has 0 fully saturated rings. The summed E-state index contributed by atoms with van der Waals surface area (Å²) in [7, 11) is 0. The molecule has 0 aliphatic rings. The Kier molecular flexibility index (Phi) is 3.25. The van der Waals surface area contributed by atoms with Crippen molar-refractivity contribution in [2.75, 3.05) is 0 Å². The molecule has 2 rings (SSSR count). The van der Waals surface area contributed by atoms with Gasteiger partial charge in [-0.3, -0.25) is 5.10 Å². The number of nitrogens with one attached hydrogen (secondary N) is 1. The fourth-order valence-electron chi connectivity index (χ4n) is 1.64. The second kappa shape index (κ2) is 4.56. The Balaban J connectivity index is 2.44. The van der Waals surface area contributed by atoms with Crippen LogP contribution in [0.5, 0.6) is 0 Å². The molecule has 1 aromatic heterocycles. The summed E-state index contributed by atoms with van der Waals surface area (Å²) in [5.74, 6) is 0.538. The first-order valence-electron chi connectivity index (χ1n) is 5.26. The van der Waals surface area contributed by atoms with Gasteiger partial charge in [0, 0.05) is 12.1 Å². The quantitative estimate of drug-likeness (QED) is 0.847. The molecule has 0 atom stereocenters. The van der Waals surface area contributed by atoms with Crippen LogP contribution < -0.4 is 0 Å². The number of nitrogens with zero attached hydrogens (tertiary/aromatic N) is 2. The Morgan fingerprint density at radius 1 is 1.28 bits per heavy atom. The van der Waals surface area contributed by atoms with Gasteiger partial charge in [-0.1, -0.05) is 12.1 Å². The first-order valence-corrected chi connectivity index (χ1v) is 5.67. The molecule has 0 saturated carbocycles. The monoisotopic (exact) mass is 273 g/mol. The molecule has 1 N–H and O–H groups in total. The van der Waals surface area contributed by atoms with Crippen molar-refractivity contribution in [2.24, 2.45) is 0 Å². The lowest BCUT2D eigenvalue weighted by Crippen LogP contribution is -2.04. The molecule has 1 aromatic carbocycles. The number of aromatic nitrogens is 3. The van der Waals surface area contributed by atoms with Gasteiger partial charge in [0.1, 0.15) is 0 Å². The van der Waals surface area contributed by atoms with E-state index in [1.165, 1.54) is 12.1 Å². The lowest BCUT2D eigenvalue weighted by molar-refractivity contribution is -0.137. The van der Waals surface area contributed by atoms with Crippen molar-refractivity contribution in [2.45, 2.75) is 19.6 Å². The lowest BCUT2D eigenvalue weighted by Gasteiger charge is -2.07. The number of alkyl halides is 3. The molecule has 0 radical (unpaired) electrons. The molecule has 7 heteroatoms. The molecule has 0 amide bonds. The molecule has 2 aromatic rings. The molecule has 0 spiro atoms. The van der Waals surface area contributed by atoms with Gasteiger partial charge in [0.25, 0.3) is 0 Å². The van der Waals surface area contributed by atoms with Crippen LogP contribution in [0, 0.1) is 4.77 Å². The topological polar surface area (TPSA) is 33.6 Å². The van der Waals surface area contributed by atoms with Gasteiger partial charge in [-0.25, -0.2) is 0 Å². The lowest BCUT2D eigenvalue weighted by atomic mass is 10.1. The first kappa shape index (κ1) is 12.8. The van der Waals surface area contributed by atoms with E-state index in [-0.39, 0.29) is 0 Å². The van der Waals surface area contributed by atoms with E-state index in [1.807, 2.05) is 6.92 Å². The van der Waals surface area contributed by atoms with Crippen LogP contribution in [0.15, 0.2) is 24.3 Å². The minimum Gasteiger partial charge on any atom is -0.300 e. The zero-order valence-corrected chi connectivity index (χ0v) is 10.3. The summed E-state index contributed by atoms with van der Waals surface area (Å²) >= 11 is 5.02. The summed E-state index contributed by atoms with van der Waals surface area (Å²) in [5, 5.41) is 6.64. The highest BCUT2D eigenvalue weighted by Crippen LogP contribution is 2.30. The fourth-order valence-corrected chi connectivity index (χ4v) is 1.90. The second-order valence-corrected chi connectivity index (χ2v) is 4.06. The Hall–Kier alpha value is -1.63. The maximum Gasteiger partial charge on any atom is 0.416 e. The number of hydrogen-bond donors (Lipinski definition) is 1. The number of aromatic amines is 1. The van der Waals surface area contributed by atoms with E-state index < -0.39 is 11.7 Å². The van der Waals surface area contributed by atoms with Crippen molar-refractivity contribution >= 4 is 12.2 Å². The van der Waals surface area contributed by atoms with Crippen LogP contribution >= 0.6 is 12.2 Å². The average Bonchev–Trinajstić information content (AvgIpc) is 2.69. The third-order valence-corrected chi connectivity index (χ3v) is 2.86. The average molecular weight is 273 g/mol. The summed E-state index contributed by atoms with van der Waals surface area (Å²) in [6, 6.07) is 4.85. The fraction of sp³-hybridized carbons (Fsp3) is 0.273. The number of halogens is 3. The predicted octanol–water partition coefficient (Wildman–Crippen LogP) is 3.65. The summed E-state index contributed by atoms with van der Waals surface area (Å²) in [4.78, 5) is 0. The summed E-state index contributed by atoms with van der Waals surface area (Å²) in [6.45, 7) is 2.49. The van der Waals surface area contributed by atoms with E-state index in [2.05, 4.69) is 10.2 Å². The van der Waals surface area contributed by atoms with Crippen molar-refractivity contribution in [3.63, 3.8) is 0 Å². The summed E-state index contributed by atoms with van der Waals surface area (Å²) in [5.41, 5.74) is -0.0827. The van der Waals surface area contributed by atoms with Crippen LogP contribution in [0.2, 0.25) is 0 Å². The smallest absolute Gasteiger partial charge is 0.300 e. The van der Waals surface area contributed by atoms with Gasteiger partial charge < -0.3 is 4.57 Å². The summed E-state index contributed by atoms with van der Waals surface area (Å²) in [6.07, 6.45) is -4.33. The van der Waals surface area contributed by atoms with Crippen LogP contribution in [-0.4, -0.2) is 14.8 Å². The van der Waals surface area contributed by atoms with Crippen LogP contribution in [0.3, 0.4) is 0 Å². The normalized spacial score (nSPS) is 11.8. The Bertz CT molecular complexity index is 595. The third-order valence-electron chi connectivity index (χ3n) is 2.54. The first-order chi connectivity index (χ1) is 8.43. The van der Waals surface area contributed by atoms with Crippen molar-refractivity contribution in [3.8, 4) is 11.4 Å². The second-order valence-electron chi connectivity index (χ2n) is 3.67. The van der Waals surface area contributed by atoms with E-state index in [9.17, 15) is 13.2 Å². The van der Waals surface area contributed by atoms with Crippen molar-refractivity contribution in [1.82, 2.24) is 14.8 Å². The van der Waals surface area contributed by atoms with Crippen molar-refractivity contribution in [1.29, 1.82) is 0 Å². The maximum atomic E-state index is 12.4. The van der Waals surface area contributed by atoms with Crippen molar-refractivity contribution < 1.29 is 13.2 Å². The van der Waals surface area contributed by atoms with Gasteiger partial charge in [0.15, 0.2) is 10.6 Å². The molecule has 18 heavy (non-hydrogen) atoms. The standard InChI is InChI=1S/C11H10F3N3S/c1-2-17-9(15-16-10(17)18)7-3-5-8(6-4-7)11(12,13)14/h3-6H,2H2,1H3,(H,16,18). The third kappa shape index (κ3) is 2.31. The van der Waals surface area contributed by atoms with E-state index in [4.69, 9.17) is 12.2 Å². The van der Waals surface area contributed by atoms with Crippen LogP contribution in [0.25, 0.3) is 11.4 Å². The van der Waals surface area contributed by atoms with E-state index in [0.29, 0.717) is 22.7 Å². The van der Waals surface area contributed by atoms with E-state index in [1.54, 1.807) is 4.57 Å². The molecule has 0 aliphatic carbocycles. The van der Waals surface area contributed by atoms with Gasteiger partial charge in [-0.15, -0.1) is 0 Å². The number of rotatable bonds is 2. The molecule has 0 bridgehead atoms. The highest BCUT2D eigenvalue weighted by Gasteiger charge is 2.30. The Morgan fingerprint density at radius 3 is 2.39 bits per heavy atom. The molecular weight excluding hydrogens is 263 g/mol. The van der Waals surface area contributed by atoms with Gasteiger partial charge >= 0.3 is 6.18 Å². The molecule has 0 aliphatic heterocycles. The Morgan fingerprint density at radius 2 is 1.89 bits per heavy atom. The van der Waals surface area contributed by atoms with Gasteiger partial charge in [-0.2, -0.15) is 18.3 Å². The minimum absolute atomic E-state index is 0.451. The van der Waals surface area contributed by atoms with Gasteiger partial charge in [0.05, 0.1) is 5.56 Å². The van der Waals surface area contributed by atoms with Crippen LogP contribution in [0.1, 0.15) is 12.5 Å². The SMILES string of the molecule is CCn1c(-c2ccc(C(F)(F)F)cc2)n[nH]c1=S. The van der Waals surface area contributed by atoms with Crippen molar-refractivity contribution in [3.05, 3.63) is 34.6 Å². The number of H-pyrrole nitrogens is 1. The minimum atomic E-state index is -4.33. The zero-order chi connectivity index (χ0) is 13.3. The predicted molar refractivity (Wildman–Crippen MR) is 63.5 cm³/mol. The molecule has 3 nitrogen and oxygen atoms in total. The molecule has 96 valence electrons. The summed E-state index contributed by atoms with van der Waals surface area (Å²) < 4.78 is 39.5. The van der Waals surface area contributed by atoms with Crippen LogP contribution in [-0.2, 0) is 12.7 Å². The number of benzene rings is 1. The van der Waals surface area contributed by atoms with Crippen LogP contribution in [0.4, 0.5) is 13.2 Å². The molecular formula is C11H10F3N3S. The van der Waals surface area contributed by atoms with Gasteiger partial charge in [-0.05, 0) is 31.3 Å². The Labute approximate surface area is 106 Å². The van der Waals surface area contributed by atoms with E-state index in [0.717, 1.165) is 12.1 Å². The zero-order valence-electron chi connectivity index (χ0n) is 9.45.